The highest BCUT2D eigenvalue weighted by atomic mass is 32.2. The molecule has 1 atom stereocenters. The topological polar surface area (TPSA) is 86.2 Å². The first kappa shape index (κ1) is 14.0. The number of oxazole rings is 1. The van der Waals surface area contributed by atoms with Gasteiger partial charge in [-0.2, -0.15) is 0 Å². The number of hydrogen-bond donors (Lipinski definition) is 1. The summed E-state index contributed by atoms with van der Waals surface area (Å²) in [5.74, 6) is 0.894. The van der Waals surface area contributed by atoms with Gasteiger partial charge in [-0.15, -0.1) is 0 Å². The molecular weight excluding hydrogens is 264 g/mol. The van der Waals surface area contributed by atoms with Crippen LogP contribution >= 0.6 is 0 Å². The predicted octanol–water partition coefficient (Wildman–Crippen LogP) is 2.28. The zero-order chi connectivity index (χ0) is 14.2. The number of nitrogens with zero attached hydrogens (tertiary/aromatic N) is 1. The van der Waals surface area contributed by atoms with Gasteiger partial charge in [0.2, 0.25) is 5.89 Å². The standard InChI is InChI=1S/C13H18N2O3S/c1-8(2)6-10(14)13-15-11-7-9(19(3,16)17)4-5-12(11)18-13/h4-5,7-8,10H,6,14H2,1-3H3. The Balaban J connectivity index is 2.41. The molecule has 1 heterocycles. The molecule has 0 radical (unpaired) electrons. The van der Waals surface area contributed by atoms with Crippen LogP contribution < -0.4 is 5.73 Å². The van der Waals surface area contributed by atoms with Crippen LogP contribution in [0, 0.1) is 5.92 Å². The van der Waals surface area contributed by atoms with Gasteiger partial charge < -0.3 is 10.2 Å². The molecule has 0 amide bonds. The molecule has 0 aliphatic heterocycles. The maximum atomic E-state index is 11.5. The molecule has 104 valence electrons. The van der Waals surface area contributed by atoms with Crippen molar-refractivity contribution in [2.45, 2.75) is 31.2 Å². The summed E-state index contributed by atoms with van der Waals surface area (Å²) >= 11 is 0. The SMILES string of the molecule is CC(C)CC(N)c1nc2cc(S(C)(=O)=O)ccc2o1. The van der Waals surface area contributed by atoms with Gasteiger partial charge >= 0.3 is 0 Å². The summed E-state index contributed by atoms with van der Waals surface area (Å²) in [7, 11) is -3.24. The third-order valence-electron chi connectivity index (χ3n) is 2.85. The van der Waals surface area contributed by atoms with E-state index in [1.165, 1.54) is 18.4 Å². The van der Waals surface area contributed by atoms with Gasteiger partial charge in [-0.3, -0.25) is 0 Å². The summed E-state index contributed by atoms with van der Waals surface area (Å²) in [5.41, 5.74) is 7.09. The van der Waals surface area contributed by atoms with Crippen molar-refractivity contribution in [2.24, 2.45) is 11.7 Å². The van der Waals surface area contributed by atoms with Crippen molar-refractivity contribution in [3.8, 4) is 0 Å². The van der Waals surface area contributed by atoms with Crippen LogP contribution in [0.1, 0.15) is 32.2 Å². The number of benzene rings is 1. The van der Waals surface area contributed by atoms with E-state index >= 15 is 0 Å². The largest absolute Gasteiger partial charge is 0.439 e. The molecule has 0 spiro atoms. The van der Waals surface area contributed by atoms with Crippen molar-refractivity contribution in [3.05, 3.63) is 24.1 Å². The monoisotopic (exact) mass is 282 g/mol. The number of fused-ring (bicyclic) bond motifs is 1. The Labute approximate surface area is 112 Å². The van der Waals surface area contributed by atoms with Gasteiger partial charge in [-0.25, -0.2) is 13.4 Å². The summed E-state index contributed by atoms with van der Waals surface area (Å²) < 4.78 is 28.5. The van der Waals surface area contributed by atoms with Gasteiger partial charge in [-0.05, 0) is 30.5 Å². The van der Waals surface area contributed by atoms with E-state index < -0.39 is 9.84 Å². The Morgan fingerprint density at radius 2 is 2.05 bits per heavy atom. The van der Waals surface area contributed by atoms with Crippen molar-refractivity contribution < 1.29 is 12.8 Å². The Kier molecular flexibility index (Phi) is 3.64. The molecule has 19 heavy (non-hydrogen) atoms. The third kappa shape index (κ3) is 3.13. The fourth-order valence-corrected chi connectivity index (χ4v) is 2.56. The smallest absolute Gasteiger partial charge is 0.212 e. The van der Waals surface area contributed by atoms with Gasteiger partial charge in [0.25, 0.3) is 0 Å². The molecule has 1 aromatic heterocycles. The molecule has 5 nitrogen and oxygen atoms in total. The van der Waals surface area contributed by atoms with Gasteiger partial charge in [0.1, 0.15) is 5.52 Å². The van der Waals surface area contributed by atoms with E-state index in [9.17, 15) is 8.42 Å². The Morgan fingerprint density at radius 1 is 1.37 bits per heavy atom. The van der Waals surface area contributed by atoms with E-state index in [0.717, 1.165) is 6.42 Å². The van der Waals surface area contributed by atoms with Gasteiger partial charge in [-0.1, -0.05) is 13.8 Å². The summed E-state index contributed by atoms with van der Waals surface area (Å²) in [6.07, 6.45) is 1.94. The molecule has 1 aromatic carbocycles. The summed E-state index contributed by atoms with van der Waals surface area (Å²) in [5, 5.41) is 0. The van der Waals surface area contributed by atoms with Gasteiger partial charge in [0.15, 0.2) is 15.4 Å². The van der Waals surface area contributed by atoms with Crippen LogP contribution in [0.25, 0.3) is 11.1 Å². The maximum absolute atomic E-state index is 11.5. The van der Waals surface area contributed by atoms with Crippen molar-refractivity contribution in [1.82, 2.24) is 4.98 Å². The van der Waals surface area contributed by atoms with Crippen molar-refractivity contribution in [1.29, 1.82) is 0 Å². The number of aromatic nitrogens is 1. The first-order valence-corrected chi connectivity index (χ1v) is 8.02. The molecule has 2 N–H and O–H groups in total. The number of nitrogens with two attached hydrogens (primary N) is 1. The molecular formula is C13H18N2O3S. The first-order valence-electron chi connectivity index (χ1n) is 6.13. The summed E-state index contributed by atoms with van der Waals surface area (Å²) in [6.45, 7) is 4.15. The Morgan fingerprint density at radius 3 is 2.63 bits per heavy atom. The summed E-state index contributed by atoms with van der Waals surface area (Å²) in [6, 6.07) is 4.37. The van der Waals surface area contributed by atoms with Gasteiger partial charge in [0, 0.05) is 6.26 Å². The zero-order valence-electron chi connectivity index (χ0n) is 11.3. The average molecular weight is 282 g/mol. The molecule has 0 aliphatic rings. The second-order valence-electron chi connectivity index (χ2n) is 5.19. The van der Waals surface area contributed by atoms with E-state index in [0.29, 0.717) is 22.9 Å². The molecule has 6 heteroatoms. The number of rotatable bonds is 4. The van der Waals surface area contributed by atoms with Crippen molar-refractivity contribution in [2.75, 3.05) is 6.26 Å². The Hall–Kier alpha value is -1.40. The lowest BCUT2D eigenvalue weighted by Gasteiger charge is -2.09. The van der Waals surface area contributed by atoms with Crippen LogP contribution in [0.3, 0.4) is 0 Å². The lowest BCUT2D eigenvalue weighted by molar-refractivity contribution is 0.417. The molecule has 0 bridgehead atoms. The minimum Gasteiger partial charge on any atom is -0.439 e. The van der Waals surface area contributed by atoms with Crippen molar-refractivity contribution in [3.63, 3.8) is 0 Å². The van der Waals surface area contributed by atoms with Crippen molar-refractivity contribution >= 4 is 20.9 Å². The van der Waals surface area contributed by atoms with Crippen LogP contribution in [0.2, 0.25) is 0 Å². The van der Waals surface area contributed by atoms with Crippen LogP contribution in [0.15, 0.2) is 27.5 Å². The first-order chi connectivity index (χ1) is 8.77. The lowest BCUT2D eigenvalue weighted by Crippen LogP contribution is -2.13. The lowest BCUT2D eigenvalue weighted by atomic mass is 10.0. The highest BCUT2D eigenvalue weighted by molar-refractivity contribution is 7.90. The Bertz CT molecular complexity index is 689. The normalized spacial score (nSPS) is 14.2. The van der Waals surface area contributed by atoms with Crippen LogP contribution in [-0.4, -0.2) is 19.7 Å². The molecule has 0 fully saturated rings. The van der Waals surface area contributed by atoms with Crippen LogP contribution in [0.5, 0.6) is 0 Å². The number of sulfone groups is 1. The number of hydrogen-bond acceptors (Lipinski definition) is 5. The predicted molar refractivity (Wildman–Crippen MR) is 73.5 cm³/mol. The molecule has 2 aromatic rings. The maximum Gasteiger partial charge on any atom is 0.212 e. The fraction of sp³-hybridized carbons (Fsp3) is 0.462. The third-order valence-corrected chi connectivity index (χ3v) is 3.96. The quantitative estimate of drug-likeness (QED) is 0.929. The molecule has 2 rings (SSSR count). The minimum absolute atomic E-state index is 0.234. The van der Waals surface area contributed by atoms with Gasteiger partial charge in [0.05, 0.1) is 10.9 Å². The second-order valence-corrected chi connectivity index (χ2v) is 7.21. The summed E-state index contributed by atoms with van der Waals surface area (Å²) in [4.78, 5) is 4.52. The molecule has 0 aliphatic carbocycles. The van der Waals surface area contributed by atoms with E-state index in [1.807, 2.05) is 0 Å². The molecule has 0 saturated carbocycles. The van der Waals surface area contributed by atoms with E-state index in [1.54, 1.807) is 6.07 Å². The van der Waals surface area contributed by atoms with E-state index in [-0.39, 0.29) is 10.9 Å². The van der Waals surface area contributed by atoms with E-state index in [2.05, 4.69) is 18.8 Å². The molecule has 0 saturated heterocycles. The van der Waals surface area contributed by atoms with Crippen LogP contribution in [0.4, 0.5) is 0 Å². The molecule has 1 unspecified atom stereocenters. The second kappa shape index (κ2) is 4.94. The average Bonchev–Trinajstić information content (AvgIpc) is 2.69. The van der Waals surface area contributed by atoms with Crippen LogP contribution in [-0.2, 0) is 9.84 Å². The highest BCUT2D eigenvalue weighted by Gasteiger charge is 2.17. The zero-order valence-corrected chi connectivity index (χ0v) is 12.1. The fourth-order valence-electron chi connectivity index (χ4n) is 1.92. The minimum atomic E-state index is -3.24. The van der Waals surface area contributed by atoms with E-state index in [4.69, 9.17) is 10.2 Å². The highest BCUT2D eigenvalue weighted by Crippen LogP contribution is 2.24.